The molecule has 0 bridgehead atoms. The van der Waals surface area contributed by atoms with E-state index in [1.165, 1.54) is 36.3 Å². The summed E-state index contributed by atoms with van der Waals surface area (Å²) < 4.78 is 18.1. The summed E-state index contributed by atoms with van der Waals surface area (Å²) in [6, 6.07) is 12.3. The zero-order chi connectivity index (χ0) is 22.0. The quantitative estimate of drug-likeness (QED) is 0.596. The number of nitrogens with zero attached hydrogens (tertiary/aromatic N) is 1. The molecule has 1 aliphatic rings. The Balaban J connectivity index is 1.47. The Hall–Kier alpha value is -3.68. The number of esters is 1. The molecule has 3 aromatic rings. The first-order chi connectivity index (χ1) is 15.0. The van der Waals surface area contributed by atoms with Crippen LogP contribution >= 0.6 is 0 Å². The lowest BCUT2D eigenvalue weighted by Crippen LogP contribution is -2.46. The van der Waals surface area contributed by atoms with Gasteiger partial charge in [0.1, 0.15) is 11.9 Å². The summed E-state index contributed by atoms with van der Waals surface area (Å²) in [4.78, 5) is 42.2. The summed E-state index contributed by atoms with van der Waals surface area (Å²) in [5, 5.41) is 3.71. The minimum Gasteiger partial charge on any atom is -0.467 e. The van der Waals surface area contributed by atoms with Crippen molar-refractivity contribution in [2.45, 2.75) is 18.9 Å². The third-order valence-corrected chi connectivity index (χ3v) is 5.54. The van der Waals surface area contributed by atoms with Crippen molar-refractivity contribution < 1.29 is 23.5 Å². The molecule has 0 radical (unpaired) electrons. The number of para-hydroxylation sites is 1. The first-order valence-electron chi connectivity index (χ1n) is 9.95. The van der Waals surface area contributed by atoms with Crippen molar-refractivity contribution in [1.82, 2.24) is 10.3 Å². The van der Waals surface area contributed by atoms with Gasteiger partial charge in [0.2, 0.25) is 11.8 Å². The second kappa shape index (κ2) is 8.59. The van der Waals surface area contributed by atoms with Crippen LogP contribution in [-0.4, -0.2) is 42.5 Å². The second-order valence-corrected chi connectivity index (χ2v) is 7.53. The third kappa shape index (κ3) is 4.28. The highest BCUT2D eigenvalue weighted by Crippen LogP contribution is 2.26. The number of carbonyl (C=O) groups is 3. The molecule has 4 rings (SSSR count). The fourth-order valence-corrected chi connectivity index (χ4v) is 3.90. The fraction of sp³-hybridized carbons (Fsp3) is 0.261. The lowest BCUT2D eigenvalue weighted by Gasteiger charge is -2.19. The summed E-state index contributed by atoms with van der Waals surface area (Å²) in [7, 11) is 1.27. The van der Waals surface area contributed by atoms with Gasteiger partial charge >= 0.3 is 5.97 Å². The standard InChI is InChI=1S/C23H22FN3O4/c1-31-23(30)20(10-14-12-25-19-5-3-2-4-18(14)19)26-22(29)15-11-21(28)27(13-15)17-8-6-16(24)7-9-17/h2-9,12,15,20,25H,10-11,13H2,1H3,(H,26,29)/t15-,20+/m0/s1. The summed E-state index contributed by atoms with van der Waals surface area (Å²) in [6.45, 7) is 0.164. The Labute approximate surface area is 178 Å². The van der Waals surface area contributed by atoms with E-state index in [9.17, 15) is 18.8 Å². The number of aromatic amines is 1. The Morgan fingerprint density at radius 2 is 1.97 bits per heavy atom. The van der Waals surface area contributed by atoms with E-state index in [-0.39, 0.29) is 25.3 Å². The molecule has 1 saturated heterocycles. The summed E-state index contributed by atoms with van der Waals surface area (Å²) >= 11 is 0. The number of methoxy groups -OCH3 is 1. The van der Waals surface area contributed by atoms with Crippen LogP contribution in [0.1, 0.15) is 12.0 Å². The second-order valence-electron chi connectivity index (χ2n) is 7.53. The van der Waals surface area contributed by atoms with Gasteiger partial charge in [0.15, 0.2) is 0 Å². The predicted molar refractivity (Wildman–Crippen MR) is 113 cm³/mol. The Bertz CT molecular complexity index is 1130. The van der Waals surface area contributed by atoms with E-state index < -0.39 is 29.7 Å². The number of carbonyl (C=O) groups excluding carboxylic acids is 3. The Morgan fingerprint density at radius 1 is 1.23 bits per heavy atom. The molecule has 1 fully saturated rings. The van der Waals surface area contributed by atoms with Crippen LogP contribution in [0.15, 0.2) is 54.7 Å². The third-order valence-electron chi connectivity index (χ3n) is 5.54. The van der Waals surface area contributed by atoms with Crippen molar-refractivity contribution in [3.8, 4) is 0 Å². The molecule has 31 heavy (non-hydrogen) atoms. The number of anilines is 1. The van der Waals surface area contributed by atoms with Crippen molar-refractivity contribution in [2.24, 2.45) is 5.92 Å². The van der Waals surface area contributed by atoms with Crippen molar-refractivity contribution in [3.05, 3.63) is 66.1 Å². The molecule has 1 aliphatic heterocycles. The zero-order valence-corrected chi connectivity index (χ0v) is 16.9. The maximum absolute atomic E-state index is 13.2. The van der Waals surface area contributed by atoms with E-state index in [1.807, 2.05) is 30.5 Å². The summed E-state index contributed by atoms with van der Waals surface area (Å²) in [5.41, 5.74) is 2.34. The fourth-order valence-electron chi connectivity index (χ4n) is 3.90. The molecule has 0 unspecified atom stereocenters. The highest BCUT2D eigenvalue weighted by molar-refractivity contribution is 6.01. The highest BCUT2D eigenvalue weighted by Gasteiger charge is 2.37. The molecule has 1 aromatic heterocycles. The largest absolute Gasteiger partial charge is 0.467 e. The van der Waals surface area contributed by atoms with Gasteiger partial charge in [0, 0.05) is 42.2 Å². The number of amides is 2. The molecular weight excluding hydrogens is 401 g/mol. The van der Waals surface area contributed by atoms with E-state index in [4.69, 9.17) is 4.74 Å². The normalized spacial score (nSPS) is 17.0. The van der Waals surface area contributed by atoms with Crippen LogP contribution in [0.25, 0.3) is 10.9 Å². The van der Waals surface area contributed by atoms with Crippen LogP contribution in [0, 0.1) is 11.7 Å². The van der Waals surface area contributed by atoms with E-state index >= 15 is 0 Å². The maximum atomic E-state index is 13.2. The average Bonchev–Trinajstić information content (AvgIpc) is 3.37. The van der Waals surface area contributed by atoms with Crippen molar-refractivity contribution >= 4 is 34.4 Å². The molecule has 0 aliphatic carbocycles. The monoisotopic (exact) mass is 423 g/mol. The van der Waals surface area contributed by atoms with Gasteiger partial charge in [-0.1, -0.05) is 18.2 Å². The van der Waals surface area contributed by atoms with Crippen LogP contribution in [-0.2, 0) is 25.5 Å². The van der Waals surface area contributed by atoms with Crippen LogP contribution in [0.3, 0.4) is 0 Å². The lowest BCUT2D eigenvalue weighted by atomic mass is 10.0. The highest BCUT2D eigenvalue weighted by atomic mass is 19.1. The molecule has 2 amide bonds. The number of ether oxygens (including phenoxy) is 1. The number of nitrogens with one attached hydrogen (secondary N) is 2. The van der Waals surface area contributed by atoms with Crippen molar-refractivity contribution in [2.75, 3.05) is 18.6 Å². The number of rotatable bonds is 6. The summed E-state index contributed by atoms with van der Waals surface area (Å²) in [6.07, 6.45) is 2.08. The number of hydrogen-bond acceptors (Lipinski definition) is 4. The number of fused-ring (bicyclic) bond motifs is 1. The van der Waals surface area contributed by atoms with Crippen molar-refractivity contribution in [1.29, 1.82) is 0 Å². The number of aromatic nitrogens is 1. The van der Waals surface area contributed by atoms with Crippen LogP contribution in [0.2, 0.25) is 0 Å². The van der Waals surface area contributed by atoms with Gasteiger partial charge in [-0.2, -0.15) is 0 Å². The van der Waals surface area contributed by atoms with Crippen molar-refractivity contribution in [3.63, 3.8) is 0 Å². The van der Waals surface area contributed by atoms with Gasteiger partial charge in [-0.3, -0.25) is 9.59 Å². The summed E-state index contributed by atoms with van der Waals surface area (Å²) in [5.74, 6) is -2.19. The predicted octanol–water partition coefficient (Wildman–Crippen LogP) is 2.56. The molecule has 7 nitrogen and oxygen atoms in total. The van der Waals surface area contributed by atoms with Gasteiger partial charge in [-0.25, -0.2) is 9.18 Å². The topological polar surface area (TPSA) is 91.5 Å². The Morgan fingerprint density at radius 3 is 2.71 bits per heavy atom. The van der Waals surface area contributed by atoms with E-state index in [2.05, 4.69) is 10.3 Å². The SMILES string of the molecule is COC(=O)[C@@H](Cc1c[nH]c2ccccc12)NC(=O)[C@H]1CC(=O)N(c2ccc(F)cc2)C1. The minimum absolute atomic E-state index is 0.0180. The smallest absolute Gasteiger partial charge is 0.328 e. The van der Waals surface area contributed by atoms with E-state index in [1.54, 1.807) is 0 Å². The number of halogens is 1. The zero-order valence-electron chi connectivity index (χ0n) is 16.9. The van der Waals surface area contributed by atoms with Gasteiger partial charge < -0.3 is 19.9 Å². The molecular formula is C23H22FN3O4. The first kappa shape index (κ1) is 20.6. The molecule has 2 aromatic carbocycles. The van der Waals surface area contributed by atoms with E-state index in [0.717, 1.165) is 16.5 Å². The molecule has 0 saturated carbocycles. The average molecular weight is 423 g/mol. The molecule has 8 heteroatoms. The number of hydrogen-bond donors (Lipinski definition) is 2. The molecule has 2 atom stereocenters. The Kier molecular flexibility index (Phi) is 5.70. The van der Waals surface area contributed by atoms with Crippen LogP contribution < -0.4 is 10.2 Å². The number of benzene rings is 2. The molecule has 0 spiro atoms. The van der Waals surface area contributed by atoms with Gasteiger partial charge in [-0.15, -0.1) is 0 Å². The van der Waals surface area contributed by atoms with Crippen LogP contribution in [0.4, 0.5) is 10.1 Å². The molecule has 2 heterocycles. The van der Waals surface area contributed by atoms with Gasteiger partial charge in [0.25, 0.3) is 0 Å². The molecule has 160 valence electrons. The number of H-pyrrole nitrogens is 1. The van der Waals surface area contributed by atoms with E-state index in [0.29, 0.717) is 5.69 Å². The maximum Gasteiger partial charge on any atom is 0.328 e. The minimum atomic E-state index is -0.883. The lowest BCUT2D eigenvalue weighted by molar-refractivity contribution is -0.145. The van der Waals surface area contributed by atoms with Gasteiger partial charge in [0.05, 0.1) is 13.0 Å². The van der Waals surface area contributed by atoms with Gasteiger partial charge in [-0.05, 0) is 35.9 Å². The molecule has 2 N–H and O–H groups in total. The first-order valence-corrected chi connectivity index (χ1v) is 9.95. The van der Waals surface area contributed by atoms with Crippen LogP contribution in [0.5, 0.6) is 0 Å².